The molecule has 1 aliphatic rings. The van der Waals surface area contributed by atoms with E-state index in [1.165, 1.54) is 0 Å². The summed E-state index contributed by atoms with van der Waals surface area (Å²) in [5.74, 6) is 2.38. The summed E-state index contributed by atoms with van der Waals surface area (Å²) in [5, 5.41) is 4.01. The molecule has 1 saturated heterocycles. The van der Waals surface area contributed by atoms with Crippen molar-refractivity contribution in [3.63, 3.8) is 0 Å². The van der Waals surface area contributed by atoms with Gasteiger partial charge in [0.2, 0.25) is 5.89 Å². The summed E-state index contributed by atoms with van der Waals surface area (Å²) in [4.78, 5) is 7.01. The fourth-order valence-corrected chi connectivity index (χ4v) is 3.33. The number of aromatic nitrogens is 2. The van der Waals surface area contributed by atoms with Gasteiger partial charge in [0.05, 0.1) is 24.5 Å². The number of hydrogen-bond donors (Lipinski definition) is 0. The van der Waals surface area contributed by atoms with Crippen LogP contribution >= 0.6 is 0 Å². The van der Waals surface area contributed by atoms with Crippen LogP contribution in [0.3, 0.4) is 0 Å². The molecule has 6 heteroatoms. The molecule has 0 amide bonds. The maximum absolute atomic E-state index is 5.67. The van der Waals surface area contributed by atoms with E-state index in [1.54, 1.807) is 13.4 Å². The van der Waals surface area contributed by atoms with Gasteiger partial charge in [-0.1, -0.05) is 5.16 Å². The number of oxazole rings is 1. The minimum Gasteiger partial charge on any atom is -0.497 e. The number of benzene rings is 1. The molecule has 1 fully saturated rings. The first-order valence-electron chi connectivity index (χ1n) is 8.49. The summed E-state index contributed by atoms with van der Waals surface area (Å²) < 4.78 is 16.3. The van der Waals surface area contributed by atoms with Crippen LogP contribution in [-0.4, -0.2) is 28.7 Å². The molecule has 1 atom stereocenters. The number of rotatable bonds is 5. The van der Waals surface area contributed by atoms with Gasteiger partial charge in [0.1, 0.15) is 12.0 Å². The van der Waals surface area contributed by atoms with Crippen molar-refractivity contribution in [1.29, 1.82) is 0 Å². The fraction of sp³-hybridized carbons (Fsp3) is 0.368. The summed E-state index contributed by atoms with van der Waals surface area (Å²) in [6.07, 6.45) is 3.96. The van der Waals surface area contributed by atoms with Crippen molar-refractivity contribution in [3.8, 4) is 17.2 Å². The average molecular weight is 339 g/mol. The molecule has 2 aromatic heterocycles. The Morgan fingerprint density at radius 3 is 2.84 bits per heavy atom. The van der Waals surface area contributed by atoms with Gasteiger partial charge in [-0.15, -0.1) is 0 Å². The molecular formula is C19H21N3O3. The Morgan fingerprint density at radius 2 is 2.12 bits per heavy atom. The molecule has 0 unspecified atom stereocenters. The van der Waals surface area contributed by atoms with E-state index in [9.17, 15) is 0 Å². The first-order chi connectivity index (χ1) is 12.2. The molecule has 0 aliphatic carbocycles. The van der Waals surface area contributed by atoms with Crippen LogP contribution in [0.1, 0.15) is 36.0 Å². The highest BCUT2D eigenvalue weighted by molar-refractivity contribution is 5.54. The quantitative estimate of drug-likeness (QED) is 0.700. The van der Waals surface area contributed by atoms with Crippen LogP contribution < -0.4 is 4.74 Å². The number of nitrogens with zero attached hydrogens (tertiary/aromatic N) is 3. The van der Waals surface area contributed by atoms with Gasteiger partial charge in [-0.05, 0) is 50.6 Å². The van der Waals surface area contributed by atoms with Crippen molar-refractivity contribution in [2.75, 3.05) is 13.7 Å². The molecule has 25 heavy (non-hydrogen) atoms. The standard InChI is InChI=1S/C19H21N3O3/c1-13-10-18(25-21-13)17-4-3-9-22(17)11-15-12-24-19(20-15)14-5-7-16(23-2)8-6-14/h5-8,10,12,17H,3-4,9,11H2,1-2H3/t17-/m0/s1. The van der Waals surface area contributed by atoms with Gasteiger partial charge in [-0.25, -0.2) is 4.98 Å². The van der Waals surface area contributed by atoms with Crippen molar-refractivity contribution in [3.05, 3.63) is 53.7 Å². The fourth-order valence-electron chi connectivity index (χ4n) is 3.33. The van der Waals surface area contributed by atoms with E-state index in [-0.39, 0.29) is 6.04 Å². The molecule has 0 spiro atoms. The highest BCUT2D eigenvalue weighted by atomic mass is 16.5. The minimum atomic E-state index is 0.266. The van der Waals surface area contributed by atoms with E-state index < -0.39 is 0 Å². The van der Waals surface area contributed by atoms with E-state index in [0.29, 0.717) is 5.89 Å². The van der Waals surface area contributed by atoms with Gasteiger partial charge >= 0.3 is 0 Å². The van der Waals surface area contributed by atoms with Crippen molar-refractivity contribution in [2.45, 2.75) is 32.4 Å². The Hall–Kier alpha value is -2.60. The Bertz CT molecular complexity index is 838. The molecule has 130 valence electrons. The van der Waals surface area contributed by atoms with Crippen LogP contribution in [0, 0.1) is 6.92 Å². The Balaban J connectivity index is 1.48. The molecule has 4 rings (SSSR count). The summed E-state index contributed by atoms with van der Waals surface area (Å²) in [6.45, 7) is 3.71. The van der Waals surface area contributed by atoms with Gasteiger partial charge < -0.3 is 13.7 Å². The van der Waals surface area contributed by atoms with E-state index in [0.717, 1.165) is 54.4 Å². The summed E-state index contributed by atoms with van der Waals surface area (Å²) in [5.41, 5.74) is 2.79. The zero-order chi connectivity index (χ0) is 17.2. The first-order valence-corrected chi connectivity index (χ1v) is 8.49. The van der Waals surface area contributed by atoms with Crippen LogP contribution in [-0.2, 0) is 6.54 Å². The van der Waals surface area contributed by atoms with E-state index in [2.05, 4.69) is 15.0 Å². The van der Waals surface area contributed by atoms with Gasteiger partial charge in [0.25, 0.3) is 0 Å². The van der Waals surface area contributed by atoms with Crippen molar-refractivity contribution >= 4 is 0 Å². The monoisotopic (exact) mass is 339 g/mol. The molecule has 0 saturated carbocycles. The maximum Gasteiger partial charge on any atom is 0.226 e. The van der Waals surface area contributed by atoms with Crippen LogP contribution in [0.25, 0.3) is 11.5 Å². The lowest BCUT2D eigenvalue weighted by Gasteiger charge is -2.20. The zero-order valence-corrected chi connectivity index (χ0v) is 14.4. The largest absolute Gasteiger partial charge is 0.497 e. The average Bonchev–Trinajstić information content (AvgIpc) is 3.36. The Morgan fingerprint density at radius 1 is 1.28 bits per heavy atom. The molecule has 3 heterocycles. The van der Waals surface area contributed by atoms with Crippen LogP contribution in [0.5, 0.6) is 5.75 Å². The van der Waals surface area contributed by atoms with E-state index >= 15 is 0 Å². The van der Waals surface area contributed by atoms with Crippen LogP contribution in [0.2, 0.25) is 0 Å². The molecule has 3 aromatic rings. The SMILES string of the molecule is COc1ccc(-c2nc(CN3CCC[C@H]3c3cc(C)no3)co2)cc1. The van der Waals surface area contributed by atoms with Gasteiger partial charge in [-0.3, -0.25) is 4.90 Å². The normalized spacial score (nSPS) is 17.9. The number of methoxy groups -OCH3 is 1. The van der Waals surface area contributed by atoms with Crippen molar-refractivity contribution < 1.29 is 13.7 Å². The van der Waals surface area contributed by atoms with Gasteiger partial charge in [0.15, 0.2) is 5.76 Å². The topological polar surface area (TPSA) is 64.5 Å². The highest BCUT2D eigenvalue weighted by Crippen LogP contribution is 2.33. The first kappa shape index (κ1) is 15.9. The van der Waals surface area contributed by atoms with Crippen molar-refractivity contribution in [1.82, 2.24) is 15.0 Å². The second-order valence-electron chi connectivity index (χ2n) is 6.37. The Kier molecular flexibility index (Phi) is 4.28. The molecule has 0 radical (unpaired) electrons. The Labute approximate surface area is 146 Å². The molecule has 0 bridgehead atoms. The highest BCUT2D eigenvalue weighted by Gasteiger charge is 2.29. The van der Waals surface area contributed by atoms with Gasteiger partial charge in [0, 0.05) is 18.2 Å². The molecule has 6 nitrogen and oxygen atoms in total. The molecular weight excluding hydrogens is 318 g/mol. The van der Waals surface area contributed by atoms with Gasteiger partial charge in [-0.2, -0.15) is 0 Å². The number of ether oxygens (including phenoxy) is 1. The van der Waals surface area contributed by atoms with E-state index in [1.807, 2.05) is 37.3 Å². The summed E-state index contributed by atoms with van der Waals surface area (Å²) in [7, 11) is 1.65. The lowest BCUT2D eigenvalue weighted by molar-refractivity contribution is 0.204. The lowest BCUT2D eigenvalue weighted by Crippen LogP contribution is -2.22. The van der Waals surface area contributed by atoms with Crippen LogP contribution in [0.15, 0.2) is 45.5 Å². The molecule has 1 aromatic carbocycles. The lowest BCUT2D eigenvalue weighted by atomic mass is 10.1. The second-order valence-corrected chi connectivity index (χ2v) is 6.37. The smallest absolute Gasteiger partial charge is 0.226 e. The van der Waals surface area contributed by atoms with Crippen LogP contribution in [0.4, 0.5) is 0 Å². The zero-order valence-electron chi connectivity index (χ0n) is 14.4. The summed E-state index contributed by atoms with van der Waals surface area (Å²) >= 11 is 0. The third-order valence-electron chi connectivity index (χ3n) is 4.59. The van der Waals surface area contributed by atoms with Crippen molar-refractivity contribution in [2.24, 2.45) is 0 Å². The van der Waals surface area contributed by atoms with E-state index in [4.69, 9.17) is 13.7 Å². The predicted molar refractivity (Wildman–Crippen MR) is 92.1 cm³/mol. The molecule has 1 aliphatic heterocycles. The third-order valence-corrected chi connectivity index (χ3v) is 4.59. The second kappa shape index (κ2) is 6.72. The maximum atomic E-state index is 5.67. The predicted octanol–water partition coefficient (Wildman–Crippen LogP) is 3.98. The summed E-state index contributed by atoms with van der Waals surface area (Å²) in [6, 6.07) is 10.00. The minimum absolute atomic E-state index is 0.266. The number of likely N-dealkylation sites (tertiary alicyclic amines) is 1. The third kappa shape index (κ3) is 3.30. The number of aryl methyl sites for hydroxylation is 1. The molecule has 0 N–H and O–H groups in total. The number of hydrogen-bond acceptors (Lipinski definition) is 6.